The van der Waals surface area contributed by atoms with E-state index in [0.717, 1.165) is 0 Å². The molecule has 0 saturated carbocycles. The highest BCUT2D eigenvalue weighted by Gasteiger charge is 2.00. The zero-order valence-electron chi connectivity index (χ0n) is 8.26. The van der Waals surface area contributed by atoms with Crippen LogP contribution < -0.4 is 0 Å². The number of nitrogens with one attached hydrogen (secondary N) is 1. The zero-order valence-corrected chi connectivity index (χ0v) is 9.83. The molecule has 5 heteroatoms. The molecule has 0 aromatic heterocycles. The normalized spacial score (nSPS) is 13.7. The summed E-state index contributed by atoms with van der Waals surface area (Å²) in [5.74, 6) is 0. The molecule has 0 radical (unpaired) electrons. The first-order valence-corrected chi connectivity index (χ1v) is 5.49. The van der Waals surface area contributed by atoms with Crippen LogP contribution in [0.5, 0.6) is 0 Å². The largest absolute Gasteiger partial charge is 0.288 e. The molecular weight excluding hydrogens is 206 g/mol. The Kier molecular flexibility index (Phi) is 5.99. The van der Waals surface area contributed by atoms with Gasteiger partial charge in [-0.25, -0.2) is 4.99 Å². The van der Waals surface area contributed by atoms with E-state index in [9.17, 15) is 0 Å². The van der Waals surface area contributed by atoms with E-state index >= 15 is 0 Å². The average Bonchev–Trinajstić information content (AvgIpc) is 2.02. The first kappa shape index (κ1) is 12.7. The number of halogens is 1. The Bertz CT molecular complexity index is 246. The van der Waals surface area contributed by atoms with Crippen molar-refractivity contribution in [2.75, 3.05) is 6.26 Å². The van der Waals surface area contributed by atoms with Crippen LogP contribution in [0.3, 0.4) is 0 Å². The standard InChI is InChI=1S/C8H14ClN3S/c1-5(2)11-8(13-4)12-6(3)7(9)10/h5,10H,1-4H3/b10-7?,11-8+,12-6+. The Hall–Kier alpha value is -0.350. The van der Waals surface area contributed by atoms with Crippen molar-refractivity contribution in [1.82, 2.24) is 0 Å². The lowest BCUT2D eigenvalue weighted by Gasteiger charge is -2.01. The molecule has 0 heterocycles. The van der Waals surface area contributed by atoms with Crippen molar-refractivity contribution in [2.24, 2.45) is 9.98 Å². The maximum atomic E-state index is 7.12. The summed E-state index contributed by atoms with van der Waals surface area (Å²) in [7, 11) is 0. The summed E-state index contributed by atoms with van der Waals surface area (Å²) >= 11 is 6.91. The van der Waals surface area contributed by atoms with Crippen molar-refractivity contribution >= 4 is 39.4 Å². The van der Waals surface area contributed by atoms with Crippen molar-refractivity contribution < 1.29 is 0 Å². The van der Waals surface area contributed by atoms with Crippen LogP contribution in [0.2, 0.25) is 0 Å². The number of nitrogens with zero attached hydrogens (tertiary/aromatic N) is 2. The number of thioether (sulfide) groups is 1. The van der Waals surface area contributed by atoms with Gasteiger partial charge in [-0.3, -0.25) is 10.4 Å². The number of hydrogen-bond donors (Lipinski definition) is 1. The summed E-state index contributed by atoms with van der Waals surface area (Å²) in [5, 5.41) is 7.75. The molecule has 0 bridgehead atoms. The lowest BCUT2D eigenvalue weighted by atomic mass is 10.4. The summed E-state index contributed by atoms with van der Waals surface area (Å²) in [6.45, 7) is 5.65. The molecule has 0 aromatic carbocycles. The molecule has 0 aliphatic rings. The van der Waals surface area contributed by atoms with Gasteiger partial charge in [-0.2, -0.15) is 0 Å². The lowest BCUT2D eigenvalue weighted by Crippen LogP contribution is -2.05. The summed E-state index contributed by atoms with van der Waals surface area (Å²) in [6, 6.07) is 0.212. The van der Waals surface area contributed by atoms with Gasteiger partial charge in [0.1, 0.15) is 5.17 Å². The van der Waals surface area contributed by atoms with Crippen LogP contribution in [0.1, 0.15) is 20.8 Å². The molecule has 0 aliphatic carbocycles. The van der Waals surface area contributed by atoms with Crippen LogP contribution >= 0.6 is 23.4 Å². The van der Waals surface area contributed by atoms with Crippen molar-refractivity contribution in [3.05, 3.63) is 0 Å². The first-order chi connectivity index (χ1) is 5.97. The third-order valence-electron chi connectivity index (χ3n) is 1.13. The van der Waals surface area contributed by atoms with Crippen molar-refractivity contribution in [3.8, 4) is 0 Å². The van der Waals surface area contributed by atoms with Crippen LogP contribution in [0.15, 0.2) is 9.98 Å². The molecule has 0 saturated heterocycles. The number of amidine groups is 1. The maximum Gasteiger partial charge on any atom is 0.183 e. The minimum atomic E-state index is -0.0366. The van der Waals surface area contributed by atoms with Gasteiger partial charge in [-0.1, -0.05) is 23.4 Å². The fourth-order valence-electron chi connectivity index (χ4n) is 0.541. The van der Waals surface area contributed by atoms with Crippen molar-refractivity contribution in [3.63, 3.8) is 0 Å². The molecule has 0 fully saturated rings. The number of rotatable bonds is 2. The van der Waals surface area contributed by atoms with Gasteiger partial charge in [0.05, 0.1) is 5.71 Å². The Morgan fingerprint density at radius 3 is 2.31 bits per heavy atom. The van der Waals surface area contributed by atoms with Crippen LogP contribution in [-0.4, -0.2) is 28.3 Å². The summed E-state index contributed by atoms with van der Waals surface area (Å²) in [6.07, 6.45) is 1.90. The van der Waals surface area contributed by atoms with E-state index in [1.165, 1.54) is 11.8 Å². The fourth-order valence-corrected chi connectivity index (χ4v) is 1.13. The van der Waals surface area contributed by atoms with Gasteiger partial charge in [0.25, 0.3) is 0 Å². The molecule has 13 heavy (non-hydrogen) atoms. The molecule has 74 valence electrons. The van der Waals surface area contributed by atoms with Gasteiger partial charge in [-0.15, -0.1) is 0 Å². The topological polar surface area (TPSA) is 48.6 Å². The minimum Gasteiger partial charge on any atom is -0.288 e. The zero-order chi connectivity index (χ0) is 10.4. The molecule has 0 atom stereocenters. The van der Waals surface area contributed by atoms with E-state index in [1.54, 1.807) is 6.92 Å². The Morgan fingerprint density at radius 2 is 2.00 bits per heavy atom. The SMILES string of the molecule is CSC(=N/C(C)C)/N=C(\C)C(=N)Cl. The molecule has 0 amide bonds. The molecule has 0 aliphatic heterocycles. The minimum absolute atomic E-state index is 0.0366. The van der Waals surface area contributed by atoms with Gasteiger partial charge in [0.2, 0.25) is 0 Å². The second-order valence-electron chi connectivity index (χ2n) is 2.72. The predicted molar refractivity (Wildman–Crippen MR) is 62.8 cm³/mol. The van der Waals surface area contributed by atoms with E-state index < -0.39 is 0 Å². The van der Waals surface area contributed by atoms with Gasteiger partial charge >= 0.3 is 0 Å². The summed E-state index contributed by atoms with van der Waals surface area (Å²) in [5.41, 5.74) is 0.496. The second-order valence-corrected chi connectivity index (χ2v) is 3.87. The van der Waals surface area contributed by atoms with E-state index in [2.05, 4.69) is 9.98 Å². The van der Waals surface area contributed by atoms with Crippen LogP contribution in [0.25, 0.3) is 0 Å². The van der Waals surface area contributed by atoms with Gasteiger partial charge < -0.3 is 0 Å². The lowest BCUT2D eigenvalue weighted by molar-refractivity contribution is 0.838. The van der Waals surface area contributed by atoms with E-state index in [-0.39, 0.29) is 11.2 Å². The van der Waals surface area contributed by atoms with E-state index in [0.29, 0.717) is 10.9 Å². The predicted octanol–water partition coefficient (Wildman–Crippen LogP) is 2.79. The number of hydrogen-bond acceptors (Lipinski definition) is 3. The third-order valence-corrected chi connectivity index (χ3v) is 1.97. The van der Waals surface area contributed by atoms with Crippen molar-refractivity contribution in [1.29, 1.82) is 5.41 Å². The highest BCUT2D eigenvalue weighted by molar-refractivity contribution is 8.13. The third kappa shape index (κ3) is 5.82. The second kappa shape index (κ2) is 6.16. The highest BCUT2D eigenvalue weighted by atomic mass is 35.5. The molecule has 0 aromatic rings. The van der Waals surface area contributed by atoms with Gasteiger partial charge in [0.15, 0.2) is 5.17 Å². The van der Waals surface area contributed by atoms with Gasteiger partial charge in [0, 0.05) is 6.04 Å². The first-order valence-electron chi connectivity index (χ1n) is 3.89. The highest BCUT2D eigenvalue weighted by Crippen LogP contribution is 2.04. The molecule has 0 spiro atoms. The van der Waals surface area contributed by atoms with Crippen molar-refractivity contribution in [2.45, 2.75) is 26.8 Å². The monoisotopic (exact) mass is 219 g/mol. The van der Waals surface area contributed by atoms with Crippen LogP contribution in [0, 0.1) is 5.41 Å². The molecule has 0 rings (SSSR count). The molecule has 0 unspecified atom stereocenters. The number of aliphatic imine (C=N–C) groups is 2. The molecule has 1 N–H and O–H groups in total. The van der Waals surface area contributed by atoms with Gasteiger partial charge in [-0.05, 0) is 27.0 Å². The van der Waals surface area contributed by atoms with E-state index in [1.807, 2.05) is 20.1 Å². The Morgan fingerprint density at radius 1 is 1.46 bits per heavy atom. The van der Waals surface area contributed by atoms with Crippen LogP contribution in [-0.2, 0) is 0 Å². The molecular formula is C8H14ClN3S. The Labute approximate surface area is 88.2 Å². The maximum absolute atomic E-state index is 7.12. The average molecular weight is 220 g/mol. The smallest absolute Gasteiger partial charge is 0.183 e. The quantitative estimate of drug-likeness (QED) is 0.564. The molecule has 3 nitrogen and oxygen atoms in total. The summed E-state index contributed by atoms with van der Waals surface area (Å²) < 4.78 is 0. The summed E-state index contributed by atoms with van der Waals surface area (Å²) in [4.78, 5) is 8.36. The fraction of sp³-hybridized carbons (Fsp3) is 0.625. The van der Waals surface area contributed by atoms with Crippen LogP contribution in [0.4, 0.5) is 0 Å². The van der Waals surface area contributed by atoms with E-state index in [4.69, 9.17) is 17.0 Å². The Balaban J connectivity index is 4.62.